The molecule has 0 aliphatic heterocycles. The van der Waals surface area contributed by atoms with Crippen molar-refractivity contribution < 1.29 is 18.9 Å². The largest absolute Gasteiger partial charge is 0.415 e. The molecule has 0 saturated carbocycles. The molecule has 2 aromatic rings. The molecular weight excluding hydrogens is 266 g/mol. The molecule has 0 fully saturated rings. The Morgan fingerprint density at radius 1 is 1.35 bits per heavy atom. The highest BCUT2D eigenvalue weighted by atomic mass is 16.6. The van der Waals surface area contributed by atoms with Crippen molar-refractivity contribution in [3.05, 3.63) is 50.4 Å². The van der Waals surface area contributed by atoms with E-state index in [1.165, 1.54) is 31.2 Å². The van der Waals surface area contributed by atoms with Crippen LogP contribution in [0.1, 0.15) is 23.7 Å². The number of carbonyl (C=O) groups excluding carboxylic acids is 2. The molecule has 2 rings (SSSR count). The molecule has 0 atom stereocenters. The average Bonchev–Trinajstić information content (AvgIpc) is 2.36. The van der Waals surface area contributed by atoms with Crippen LogP contribution in [0.15, 0.2) is 33.5 Å². The SMILES string of the molecule is CC(=O)CC(=O)c1cc2cccc([N+](=O)[O-])c2oc1=O. The Hall–Kier alpha value is -2.83. The smallest absolute Gasteiger partial charge is 0.347 e. The van der Waals surface area contributed by atoms with Gasteiger partial charge in [-0.15, -0.1) is 0 Å². The second kappa shape index (κ2) is 5.04. The molecule has 0 aliphatic carbocycles. The van der Waals surface area contributed by atoms with Crippen molar-refractivity contribution >= 4 is 28.2 Å². The van der Waals surface area contributed by atoms with Crippen molar-refractivity contribution in [1.29, 1.82) is 0 Å². The van der Waals surface area contributed by atoms with Crippen LogP contribution in [0.5, 0.6) is 0 Å². The minimum Gasteiger partial charge on any atom is -0.415 e. The van der Waals surface area contributed by atoms with Gasteiger partial charge < -0.3 is 4.42 Å². The predicted molar refractivity (Wildman–Crippen MR) is 68.8 cm³/mol. The summed E-state index contributed by atoms with van der Waals surface area (Å²) in [6, 6.07) is 5.30. The lowest BCUT2D eigenvalue weighted by atomic mass is 10.1. The van der Waals surface area contributed by atoms with Crippen molar-refractivity contribution in [3.8, 4) is 0 Å². The Morgan fingerprint density at radius 2 is 2.05 bits per heavy atom. The molecule has 1 aromatic carbocycles. The molecule has 0 bridgehead atoms. The minimum absolute atomic E-state index is 0.193. The second-order valence-electron chi connectivity index (χ2n) is 4.20. The van der Waals surface area contributed by atoms with E-state index in [0.29, 0.717) is 0 Å². The molecule has 0 N–H and O–H groups in total. The average molecular weight is 275 g/mol. The summed E-state index contributed by atoms with van der Waals surface area (Å²) in [6.07, 6.45) is -0.412. The molecule has 1 aromatic heterocycles. The molecule has 0 unspecified atom stereocenters. The normalized spacial score (nSPS) is 10.4. The maximum absolute atomic E-state index is 11.7. The molecule has 0 spiro atoms. The Labute approximate surface area is 112 Å². The van der Waals surface area contributed by atoms with E-state index in [9.17, 15) is 24.5 Å². The van der Waals surface area contributed by atoms with Gasteiger partial charge in [-0.25, -0.2) is 4.79 Å². The van der Waals surface area contributed by atoms with E-state index in [1.54, 1.807) is 0 Å². The maximum atomic E-state index is 11.7. The van der Waals surface area contributed by atoms with Crippen LogP contribution in [-0.4, -0.2) is 16.5 Å². The van der Waals surface area contributed by atoms with Crippen molar-refractivity contribution in [1.82, 2.24) is 0 Å². The van der Waals surface area contributed by atoms with Gasteiger partial charge in [0.05, 0.1) is 11.3 Å². The summed E-state index contributed by atoms with van der Waals surface area (Å²) in [6.45, 7) is 1.23. The number of rotatable bonds is 4. The Bertz CT molecular complexity index is 789. The first-order valence-corrected chi connectivity index (χ1v) is 5.64. The third-order valence-corrected chi connectivity index (χ3v) is 2.65. The van der Waals surface area contributed by atoms with Gasteiger partial charge >= 0.3 is 11.3 Å². The summed E-state index contributed by atoms with van der Waals surface area (Å²) in [5, 5.41) is 11.1. The Morgan fingerprint density at radius 3 is 2.65 bits per heavy atom. The van der Waals surface area contributed by atoms with Crippen molar-refractivity contribution in [2.75, 3.05) is 0 Å². The van der Waals surface area contributed by atoms with Gasteiger partial charge in [-0.3, -0.25) is 19.7 Å². The van der Waals surface area contributed by atoms with Crippen molar-refractivity contribution in [3.63, 3.8) is 0 Å². The van der Waals surface area contributed by atoms with Crippen LogP contribution >= 0.6 is 0 Å². The third kappa shape index (κ3) is 2.46. The zero-order chi connectivity index (χ0) is 14.9. The van der Waals surface area contributed by atoms with Crippen molar-refractivity contribution in [2.24, 2.45) is 0 Å². The van der Waals surface area contributed by atoms with Gasteiger partial charge in [0.25, 0.3) is 0 Å². The number of fused-ring (bicyclic) bond motifs is 1. The highest BCUT2D eigenvalue weighted by Crippen LogP contribution is 2.24. The molecule has 0 amide bonds. The second-order valence-corrected chi connectivity index (χ2v) is 4.20. The molecule has 0 saturated heterocycles. The number of ketones is 2. The van der Waals surface area contributed by atoms with Crippen LogP contribution in [0.25, 0.3) is 11.0 Å². The molecule has 7 heteroatoms. The van der Waals surface area contributed by atoms with Gasteiger partial charge in [-0.2, -0.15) is 0 Å². The lowest BCUT2D eigenvalue weighted by molar-refractivity contribution is -0.383. The van der Waals surface area contributed by atoms with Gasteiger partial charge in [0.1, 0.15) is 11.3 Å². The summed E-state index contributed by atoms with van der Waals surface area (Å²) >= 11 is 0. The van der Waals surface area contributed by atoms with E-state index in [2.05, 4.69) is 0 Å². The maximum Gasteiger partial charge on any atom is 0.347 e. The monoisotopic (exact) mass is 275 g/mol. The highest BCUT2D eigenvalue weighted by Gasteiger charge is 2.19. The summed E-state index contributed by atoms with van der Waals surface area (Å²) < 4.78 is 4.86. The number of nitro benzene ring substituents is 1. The standard InChI is InChI=1S/C13H9NO6/c1-7(15)5-11(16)9-6-8-3-2-4-10(14(18)19)12(8)20-13(9)17/h2-4,6H,5H2,1H3. The number of carbonyl (C=O) groups is 2. The fraction of sp³-hybridized carbons (Fsp3) is 0.154. The number of hydrogen-bond donors (Lipinski definition) is 0. The number of Topliss-reactive ketones (excluding diaryl/α,β-unsaturated/α-hetero) is 2. The summed E-state index contributed by atoms with van der Waals surface area (Å²) in [4.78, 5) is 44.5. The Kier molecular flexibility index (Phi) is 3.43. The molecule has 102 valence electrons. The van der Waals surface area contributed by atoms with E-state index in [4.69, 9.17) is 4.42 Å². The minimum atomic E-state index is -0.988. The van der Waals surface area contributed by atoms with Gasteiger partial charge in [-0.05, 0) is 13.0 Å². The van der Waals surface area contributed by atoms with Crippen LogP contribution in [0, 0.1) is 10.1 Å². The fourth-order valence-electron chi connectivity index (χ4n) is 1.79. The summed E-state index contributed by atoms with van der Waals surface area (Å²) in [7, 11) is 0. The molecule has 0 aliphatic rings. The molecule has 1 heterocycles. The zero-order valence-electron chi connectivity index (χ0n) is 10.4. The third-order valence-electron chi connectivity index (χ3n) is 2.65. The van der Waals surface area contributed by atoms with Gasteiger partial charge in [-0.1, -0.05) is 12.1 Å². The van der Waals surface area contributed by atoms with E-state index >= 15 is 0 Å². The number of nitro groups is 1. The lowest BCUT2D eigenvalue weighted by Crippen LogP contribution is -2.16. The topological polar surface area (TPSA) is 107 Å². The van der Waals surface area contributed by atoms with Crippen LogP contribution in [0.3, 0.4) is 0 Å². The number of nitrogens with zero attached hydrogens (tertiary/aromatic N) is 1. The molecule has 0 radical (unpaired) electrons. The summed E-state index contributed by atoms with van der Waals surface area (Å²) in [5.74, 6) is -1.05. The van der Waals surface area contributed by atoms with E-state index in [-0.39, 0.29) is 28.0 Å². The Balaban J connectivity index is 2.65. The van der Waals surface area contributed by atoms with E-state index in [0.717, 1.165) is 0 Å². The lowest BCUT2D eigenvalue weighted by Gasteiger charge is -2.01. The van der Waals surface area contributed by atoms with E-state index < -0.39 is 22.8 Å². The first-order chi connectivity index (χ1) is 9.40. The van der Waals surface area contributed by atoms with Gasteiger partial charge in [0, 0.05) is 11.5 Å². The highest BCUT2D eigenvalue weighted by molar-refractivity contribution is 6.08. The summed E-state index contributed by atoms with van der Waals surface area (Å²) in [5.41, 5.74) is -1.82. The van der Waals surface area contributed by atoms with Crippen LogP contribution in [0.4, 0.5) is 5.69 Å². The van der Waals surface area contributed by atoms with Gasteiger partial charge in [0.15, 0.2) is 5.78 Å². The number of hydrogen-bond acceptors (Lipinski definition) is 6. The van der Waals surface area contributed by atoms with E-state index in [1.807, 2.05) is 0 Å². The van der Waals surface area contributed by atoms with Crippen molar-refractivity contribution in [2.45, 2.75) is 13.3 Å². The molecule has 7 nitrogen and oxygen atoms in total. The zero-order valence-corrected chi connectivity index (χ0v) is 10.4. The first kappa shape index (κ1) is 13.6. The molecule has 20 heavy (non-hydrogen) atoms. The first-order valence-electron chi connectivity index (χ1n) is 5.64. The van der Waals surface area contributed by atoms with Crippen LogP contribution in [0.2, 0.25) is 0 Å². The number of benzene rings is 1. The quantitative estimate of drug-likeness (QED) is 0.277. The van der Waals surface area contributed by atoms with Crippen LogP contribution < -0.4 is 5.63 Å². The fourth-order valence-corrected chi connectivity index (χ4v) is 1.79. The molecular formula is C13H9NO6. The predicted octanol–water partition coefficient (Wildman–Crippen LogP) is 1.86. The number of para-hydroxylation sites is 1. The van der Waals surface area contributed by atoms with Gasteiger partial charge in [0.2, 0.25) is 5.58 Å². The van der Waals surface area contributed by atoms with Crippen LogP contribution in [-0.2, 0) is 4.79 Å². The number of non-ortho nitro benzene ring substituents is 1.